The van der Waals surface area contributed by atoms with Crippen molar-refractivity contribution in [2.75, 3.05) is 5.88 Å². The van der Waals surface area contributed by atoms with Crippen LogP contribution < -0.4 is 5.32 Å². The molecule has 0 aromatic rings. The molecule has 4 bridgehead atoms. The van der Waals surface area contributed by atoms with E-state index in [0.717, 1.165) is 12.3 Å². The summed E-state index contributed by atoms with van der Waals surface area (Å²) < 4.78 is 0. The fraction of sp³-hybridized carbons (Fsp3) is 0.938. The minimum atomic E-state index is 0.103. The lowest BCUT2D eigenvalue weighted by Crippen LogP contribution is -2.65. The molecule has 4 saturated carbocycles. The number of amides is 1. The number of hydrogen-bond acceptors (Lipinski definition) is 1. The second kappa shape index (κ2) is 4.38. The molecule has 0 saturated heterocycles. The lowest BCUT2D eigenvalue weighted by atomic mass is 9.43. The van der Waals surface area contributed by atoms with Crippen molar-refractivity contribution in [3.63, 3.8) is 0 Å². The molecule has 19 heavy (non-hydrogen) atoms. The van der Waals surface area contributed by atoms with Gasteiger partial charge in [-0.2, -0.15) is 0 Å². The second-order valence-electron chi connectivity index (χ2n) is 8.25. The van der Waals surface area contributed by atoms with Crippen LogP contribution >= 0.6 is 11.6 Å². The minimum Gasteiger partial charge on any atom is -0.351 e. The van der Waals surface area contributed by atoms with E-state index < -0.39 is 0 Å². The summed E-state index contributed by atoms with van der Waals surface area (Å²) in [4.78, 5) is 12.1. The first-order valence-corrected chi connectivity index (χ1v) is 8.27. The molecule has 4 aliphatic carbocycles. The maximum atomic E-state index is 12.1. The summed E-state index contributed by atoms with van der Waals surface area (Å²) in [7, 11) is 0. The summed E-state index contributed by atoms with van der Waals surface area (Å²) >= 11 is 5.69. The van der Waals surface area contributed by atoms with Crippen LogP contribution in [0, 0.1) is 16.7 Å². The van der Waals surface area contributed by atoms with E-state index in [1.807, 2.05) is 0 Å². The van der Waals surface area contributed by atoms with E-state index in [-0.39, 0.29) is 11.4 Å². The molecule has 1 amide bonds. The van der Waals surface area contributed by atoms with Crippen LogP contribution in [0.3, 0.4) is 0 Å². The number of rotatable bonds is 4. The molecule has 4 aliphatic rings. The van der Waals surface area contributed by atoms with Crippen molar-refractivity contribution >= 4 is 17.5 Å². The number of carbonyl (C=O) groups excluding carboxylic acids is 1. The van der Waals surface area contributed by atoms with Gasteiger partial charge in [0.15, 0.2) is 0 Å². The third-order valence-corrected chi connectivity index (χ3v) is 5.84. The Kier molecular flexibility index (Phi) is 3.16. The van der Waals surface area contributed by atoms with Gasteiger partial charge in [0.25, 0.3) is 0 Å². The number of carbonyl (C=O) groups is 1. The van der Waals surface area contributed by atoms with Crippen LogP contribution in [0.25, 0.3) is 0 Å². The van der Waals surface area contributed by atoms with Crippen LogP contribution in [-0.4, -0.2) is 17.3 Å². The SMILES string of the molecule is CC12CC3CC(C)(C1)CC(NC(=O)CCCCl)(C3)C2. The van der Waals surface area contributed by atoms with Gasteiger partial charge in [0, 0.05) is 17.8 Å². The fourth-order valence-electron chi connectivity index (χ4n) is 6.17. The van der Waals surface area contributed by atoms with Gasteiger partial charge in [-0.3, -0.25) is 4.79 Å². The van der Waals surface area contributed by atoms with Gasteiger partial charge in [0.05, 0.1) is 0 Å². The lowest BCUT2D eigenvalue weighted by Gasteiger charge is -2.65. The Morgan fingerprint density at radius 3 is 2.32 bits per heavy atom. The molecule has 2 atom stereocenters. The maximum absolute atomic E-state index is 12.1. The highest BCUT2D eigenvalue weighted by Gasteiger charge is 2.60. The molecule has 0 aromatic heterocycles. The Balaban J connectivity index is 1.75. The molecule has 3 heteroatoms. The summed E-state index contributed by atoms with van der Waals surface area (Å²) in [5, 5.41) is 3.41. The first-order valence-electron chi connectivity index (χ1n) is 7.73. The predicted molar refractivity (Wildman–Crippen MR) is 78.2 cm³/mol. The third-order valence-electron chi connectivity index (χ3n) is 5.57. The first kappa shape index (κ1) is 13.7. The zero-order chi connectivity index (χ0) is 13.7. The zero-order valence-corrected chi connectivity index (χ0v) is 13.0. The summed E-state index contributed by atoms with van der Waals surface area (Å²) in [6.45, 7) is 4.88. The van der Waals surface area contributed by atoms with Crippen LogP contribution in [0.1, 0.15) is 65.2 Å². The van der Waals surface area contributed by atoms with Crippen molar-refractivity contribution in [3.05, 3.63) is 0 Å². The monoisotopic (exact) mass is 283 g/mol. The van der Waals surface area contributed by atoms with Crippen LogP contribution in [-0.2, 0) is 4.79 Å². The standard InChI is InChI=1S/C16H26ClNO/c1-14-6-12-7-15(2,9-14)11-16(8-12,10-14)18-13(19)4-3-5-17/h12H,3-11H2,1-2H3,(H,18,19). The lowest BCUT2D eigenvalue weighted by molar-refractivity contribution is -0.139. The van der Waals surface area contributed by atoms with Crippen LogP contribution in [0.5, 0.6) is 0 Å². The Hall–Kier alpha value is -0.240. The number of halogens is 1. The third kappa shape index (κ3) is 2.53. The van der Waals surface area contributed by atoms with Crippen molar-refractivity contribution in [3.8, 4) is 0 Å². The highest BCUT2D eigenvalue weighted by Crippen LogP contribution is 2.66. The highest BCUT2D eigenvalue weighted by atomic mass is 35.5. The molecule has 0 radical (unpaired) electrons. The van der Waals surface area contributed by atoms with Crippen LogP contribution in [0.15, 0.2) is 0 Å². The fourth-order valence-corrected chi connectivity index (χ4v) is 6.31. The van der Waals surface area contributed by atoms with Gasteiger partial charge in [-0.25, -0.2) is 0 Å². The van der Waals surface area contributed by atoms with Crippen molar-refractivity contribution in [2.45, 2.75) is 70.8 Å². The second-order valence-corrected chi connectivity index (χ2v) is 8.63. The molecule has 2 nitrogen and oxygen atoms in total. The topological polar surface area (TPSA) is 29.1 Å². The Labute approximate surface area is 121 Å². The number of alkyl halides is 1. The number of hydrogen-bond donors (Lipinski definition) is 1. The van der Waals surface area contributed by atoms with Gasteiger partial charge in [0.2, 0.25) is 5.91 Å². The molecule has 0 aliphatic heterocycles. The molecule has 0 aromatic carbocycles. The quantitative estimate of drug-likeness (QED) is 0.780. The van der Waals surface area contributed by atoms with Crippen molar-refractivity contribution in [1.82, 2.24) is 5.32 Å². The average Bonchev–Trinajstić information content (AvgIpc) is 2.20. The molecule has 0 heterocycles. The Morgan fingerprint density at radius 1 is 1.16 bits per heavy atom. The average molecular weight is 284 g/mol. The zero-order valence-electron chi connectivity index (χ0n) is 12.2. The Morgan fingerprint density at radius 2 is 1.79 bits per heavy atom. The van der Waals surface area contributed by atoms with E-state index in [9.17, 15) is 4.79 Å². The van der Waals surface area contributed by atoms with Crippen molar-refractivity contribution in [1.29, 1.82) is 0 Å². The minimum absolute atomic E-state index is 0.103. The van der Waals surface area contributed by atoms with Gasteiger partial charge >= 0.3 is 0 Å². The molecule has 4 rings (SSSR count). The van der Waals surface area contributed by atoms with Gasteiger partial charge in [-0.15, -0.1) is 11.6 Å². The normalized spacial score (nSPS) is 47.4. The van der Waals surface area contributed by atoms with E-state index in [0.29, 0.717) is 23.1 Å². The maximum Gasteiger partial charge on any atom is 0.220 e. The highest BCUT2D eigenvalue weighted by molar-refractivity contribution is 6.17. The van der Waals surface area contributed by atoms with Crippen molar-refractivity contribution in [2.24, 2.45) is 16.7 Å². The first-order chi connectivity index (χ1) is 8.86. The molecule has 108 valence electrons. The summed E-state index contributed by atoms with van der Waals surface area (Å²) in [6, 6.07) is 0. The summed E-state index contributed by atoms with van der Waals surface area (Å²) in [5.74, 6) is 1.63. The smallest absolute Gasteiger partial charge is 0.220 e. The van der Waals surface area contributed by atoms with Gasteiger partial charge < -0.3 is 5.32 Å². The summed E-state index contributed by atoms with van der Waals surface area (Å²) in [5.41, 5.74) is 1.04. The molecular weight excluding hydrogens is 258 g/mol. The molecular formula is C16H26ClNO. The molecule has 0 spiro atoms. The molecule has 2 unspecified atom stereocenters. The van der Waals surface area contributed by atoms with Crippen molar-refractivity contribution < 1.29 is 4.79 Å². The number of nitrogens with one attached hydrogen (secondary N) is 1. The van der Waals surface area contributed by atoms with Gasteiger partial charge in [0.1, 0.15) is 0 Å². The van der Waals surface area contributed by atoms with E-state index >= 15 is 0 Å². The van der Waals surface area contributed by atoms with E-state index in [2.05, 4.69) is 19.2 Å². The van der Waals surface area contributed by atoms with Gasteiger partial charge in [-0.05, 0) is 61.7 Å². The van der Waals surface area contributed by atoms with Gasteiger partial charge in [-0.1, -0.05) is 13.8 Å². The molecule has 4 fully saturated rings. The van der Waals surface area contributed by atoms with E-state index in [1.165, 1.54) is 38.5 Å². The van der Waals surface area contributed by atoms with Crippen LogP contribution in [0.2, 0.25) is 0 Å². The van der Waals surface area contributed by atoms with E-state index in [4.69, 9.17) is 11.6 Å². The summed E-state index contributed by atoms with van der Waals surface area (Å²) in [6.07, 6.45) is 9.09. The largest absolute Gasteiger partial charge is 0.351 e. The predicted octanol–water partition coefficient (Wildman–Crippen LogP) is 3.87. The van der Waals surface area contributed by atoms with Crippen LogP contribution in [0.4, 0.5) is 0 Å². The van der Waals surface area contributed by atoms with E-state index in [1.54, 1.807) is 0 Å². The Bertz CT molecular complexity index is 376. The molecule has 1 N–H and O–H groups in total.